The normalized spacial score (nSPS) is 15.5. The van der Waals surface area contributed by atoms with Crippen LogP contribution in [0.4, 0.5) is 11.6 Å². The minimum atomic E-state index is -0.150. The predicted octanol–water partition coefficient (Wildman–Crippen LogP) is 7.02. The Balaban J connectivity index is 1.21. The number of rotatable bonds is 8. The van der Waals surface area contributed by atoms with Gasteiger partial charge in [-0.15, -0.1) is 22.7 Å². The fourth-order valence-electron chi connectivity index (χ4n) is 5.98. The zero-order valence-corrected chi connectivity index (χ0v) is 26.4. The monoisotopic (exact) mass is 619 g/mol. The molecule has 8 nitrogen and oxygen atoms in total. The number of nitrogens with one attached hydrogen (secondary N) is 1. The second kappa shape index (κ2) is 12.4. The highest BCUT2D eigenvalue weighted by Crippen LogP contribution is 2.33. The molecule has 0 saturated carbocycles. The van der Waals surface area contributed by atoms with Crippen LogP contribution >= 0.6 is 22.7 Å². The highest BCUT2D eigenvalue weighted by molar-refractivity contribution is 7.15. The minimum Gasteiger partial charge on any atom is -0.324 e. The third-order valence-electron chi connectivity index (χ3n) is 8.13. The summed E-state index contributed by atoms with van der Waals surface area (Å²) in [5, 5.41) is 7.75. The van der Waals surface area contributed by atoms with Crippen molar-refractivity contribution in [3.05, 3.63) is 104 Å². The molecule has 0 bridgehead atoms. The van der Waals surface area contributed by atoms with Gasteiger partial charge < -0.3 is 10.2 Å². The Labute approximate surface area is 264 Å². The first-order valence-corrected chi connectivity index (χ1v) is 16.6. The Bertz CT molecular complexity index is 1950. The number of anilines is 2. The van der Waals surface area contributed by atoms with Crippen LogP contribution < -0.4 is 10.9 Å². The smallest absolute Gasteiger partial charge is 0.262 e. The maximum absolute atomic E-state index is 14.1. The van der Waals surface area contributed by atoms with Gasteiger partial charge in [0.05, 0.1) is 17.8 Å². The van der Waals surface area contributed by atoms with Crippen molar-refractivity contribution in [2.75, 3.05) is 25.5 Å². The van der Waals surface area contributed by atoms with Gasteiger partial charge in [-0.05, 0) is 69.5 Å². The number of fused-ring (bicyclic) bond motifs is 1. The molecule has 1 atom stereocenters. The summed E-state index contributed by atoms with van der Waals surface area (Å²) in [5.74, 6) is 1.14. The van der Waals surface area contributed by atoms with Crippen molar-refractivity contribution in [3.8, 4) is 21.8 Å². The lowest BCUT2D eigenvalue weighted by Crippen LogP contribution is -2.32. The van der Waals surface area contributed by atoms with Crippen molar-refractivity contribution in [1.82, 2.24) is 29.4 Å². The average molecular weight is 620 g/mol. The molecule has 1 fully saturated rings. The molecule has 1 N–H and O–H groups in total. The minimum absolute atomic E-state index is 0.150. The van der Waals surface area contributed by atoms with E-state index >= 15 is 0 Å². The molecule has 0 amide bonds. The summed E-state index contributed by atoms with van der Waals surface area (Å²) in [7, 11) is 2.21. The number of pyridine rings is 1. The quantitative estimate of drug-likeness (QED) is 0.196. The van der Waals surface area contributed by atoms with Gasteiger partial charge in [-0.25, -0.2) is 15.0 Å². The number of benzene rings is 2. The van der Waals surface area contributed by atoms with Crippen molar-refractivity contribution < 1.29 is 0 Å². The van der Waals surface area contributed by atoms with Gasteiger partial charge in [0.15, 0.2) is 0 Å². The lowest BCUT2D eigenvalue weighted by atomic mass is 9.91. The van der Waals surface area contributed by atoms with Gasteiger partial charge in [0.1, 0.15) is 15.7 Å². The molecule has 0 radical (unpaired) electrons. The number of aromatic nitrogens is 5. The van der Waals surface area contributed by atoms with Crippen LogP contribution in [-0.2, 0) is 13.0 Å². The second-order valence-electron chi connectivity index (χ2n) is 11.4. The third kappa shape index (κ3) is 6.06. The van der Waals surface area contributed by atoms with E-state index in [1.165, 1.54) is 36.3 Å². The molecule has 222 valence electrons. The van der Waals surface area contributed by atoms with Crippen molar-refractivity contribution in [3.63, 3.8) is 0 Å². The summed E-state index contributed by atoms with van der Waals surface area (Å²) in [5.41, 5.74) is 4.91. The third-order valence-corrected chi connectivity index (χ3v) is 9.92. The first-order valence-electron chi connectivity index (χ1n) is 14.9. The van der Waals surface area contributed by atoms with Crippen LogP contribution in [0.2, 0.25) is 0 Å². The number of piperidine rings is 1. The Morgan fingerprint density at radius 3 is 2.66 bits per heavy atom. The van der Waals surface area contributed by atoms with Gasteiger partial charge in [0.25, 0.3) is 5.56 Å². The molecule has 2 aromatic carbocycles. The number of likely N-dealkylation sites (tertiary alicyclic amines) is 1. The second-order valence-corrected chi connectivity index (χ2v) is 13.6. The van der Waals surface area contributed by atoms with Crippen LogP contribution in [0.5, 0.6) is 0 Å². The maximum Gasteiger partial charge on any atom is 0.262 e. The zero-order valence-electron chi connectivity index (χ0n) is 24.7. The first kappa shape index (κ1) is 28.5. The molecule has 10 heteroatoms. The van der Waals surface area contributed by atoms with E-state index in [-0.39, 0.29) is 5.56 Å². The summed E-state index contributed by atoms with van der Waals surface area (Å²) < 4.78 is 1.70. The highest BCUT2D eigenvalue weighted by Gasteiger charge is 2.20. The highest BCUT2D eigenvalue weighted by atomic mass is 32.1. The van der Waals surface area contributed by atoms with Gasteiger partial charge in [-0.2, -0.15) is 4.98 Å². The SMILES string of the molecule is Cc1sc(-c2ccccc2)nc1-c1cc2cnc(Nc3ccc(CC4CCCN(C)C4)cc3)nc2n(Cc2nccs2)c1=O. The Morgan fingerprint density at radius 2 is 1.89 bits per heavy atom. The van der Waals surface area contributed by atoms with Crippen LogP contribution in [0.15, 0.2) is 83.2 Å². The van der Waals surface area contributed by atoms with E-state index in [2.05, 4.69) is 51.5 Å². The molecule has 1 aliphatic rings. The molecule has 4 aromatic heterocycles. The van der Waals surface area contributed by atoms with Gasteiger partial charge >= 0.3 is 0 Å². The molecule has 1 saturated heterocycles. The topological polar surface area (TPSA) is 88.8 Å². The molecule has 1 aliphatic heterocycles. The number of nitrogens with zero attached hydrogens (tertiary/aromatic N) is 6. The summed E-state index contributed by atoms with van der Waals surface area (Å²) >= 11 is 3.10. The fourth-order valence-corrected chi connectivity index (χ4v) is 7.52. The lowest BCUT2D eigenvalue weighted by molar-refractivity contribution is 0.209. The summed E-state index contributed by atoms with van der Waals surface area (Å²) in [6.45, 7) is 4.68. The summed E-state index contributed by atoms with van der Waals surface area (Å²) in [6.07, 6.45) is 7.18. The average Bonchev–Trinajstić information content (AvgIpc) is 3.70. The number of thiazole rings is 2. The molecular weight excluding hydrogens is 587 g/mol. The van der Waals surface area contributed by atoms with E-state index in [9.17, 15) is 4.79 Å². The first-order chi connectivity index (χ1) is 21.5. The van der Waals surface area contributed by atoms with Crippen LogP contribution in [0.25, 0.3) is 32.9 Å². The molecule has 5 heterocycles. The molecule has 1 unspecified atom stereocenters. The van der Waals surface area contributed by atoms with Crippen molar-refractivity contribution in [1.29, 1.82) is 0 Å². The van der Waals surface area contributed by atoms with Crippen LogP contribution in [0, 0.1) is 12.8 Å². The van der Waals surface area contributed by atoms with Gasteiger partial charge in [-0.1, -0.05) is 42.5 Å². The number of hydrogen-bond donors (Lipinski definition) is 1. The van der Waals surface area contributed by atoms with Crippen molar-refractivity contribution in [2.24, 2.45) is 5.92 Å². The van der Waals surface area contributed by atoms with Gasteiger partial charge in [0, 0.05) is 45.8 Å². The Hall–Kier alpha value is -4.25. The van der Waals surface area contributed by atoms with Crippen molar-refractivity contribution in [2.45, 2.75) is 32.7 Å². The molecule has 7 rings (SSSR count). The van der Waals surface area contributed by atoms with Crippen LogP contribution in [0.1, 0.15) is 28.3 Å². The van der Waals surface area contributed by atoms with E-state index in [1.54, 1.807) is 28.3 Å². The molecule has 0 spiro atoms. The molecule has 44 heavy (non-hydrogen) atoms. The Kier molecular flexibility index (Phi) is 8.03. The van der Waals surface area contributed by atoms with Crippen molar-refractivity contribution >= 4 is 45.3 Å². The largest absolute Gasteiger partial charge is 0.324 e. The van der Waals surface area contributed by atoms with Gasteiger partial charge in [0.2, 0.25) is 5.95 Å². The number of aryl methyl sites for hydroxylation is 1. The van der Waals surface area contributed by atoms with Crippen LogP contribution in [-0.4, -0.2) is 49.5 Å². The molecular formula is C34H33N7OS2. The molecule has 6 aromatic rings. The van der Waals surface area contributed by atoms with Crippen LogP contribution in [0.3, 0.4) is 0 Å². The van der Waals surface area contributed by atoms with E-state index in [4.69, 9.17) is 9.97 Å². The number of hydrogen-bond acceptors (Lipinski definition) is 9. The Morgan fingerprint density at radius 1 is 1.05 bits per heavy atom. The summed E-state index contributed by atoms with van der Waals surface area (Å²) in [6, 6.07) is 20.4. The zero-order chi connectivity index (χ0) is 30.0. The predicted molar refractivity (Wildman–Crippen MR) is 180 cm³/mol. The van der Waals surface area contributed by atoms with E-state index in [0.29, 0.717) is 35.3 Å². The van der Waals surface area contributed by atoms with E-state index in [0.717, 1.165) is 44.5 Å². The maximum atomic E-state index is 14.1. The standard InChI is InChI=1S/C34H33N7OS2/c1-22-30(38-32(44-22)25-8-4-3-5-9-25)28-18-26-19-36-34(39-31(26)41(33(28)42)21-29-35-14-16-43-29)37-27-12-10-23(11-13-27)17-24-7-6-15-40(2)20-24/h3-5,8-14,16,18-19,24H,6-7,15,17,20-21H2,1-2H3,(H,36,37,39). The lowest BCUT2D eigenvalue weighted by Gasteiger charge is -2.29. The van der Waals surface area contributed by atoms with Gasteiger partial charge in [-0.3, -0.25) is 9.36 Å². The summed E-state index contributed by atoms with van der Waals surface area (Å²) in [4.78, 5) is 36.4. The van der Waals surface area contributed by atoms with E-state index in [1.807, 2.05) is 48.7 Å². The fraction of sp³-hybridized carbons (Fsp3) is 0.265. The molecule has 0 aliphatic carbocycles. The van der Waals surface area contributed by atoms with E-state index < -0.39 is 0 Å².